The van der Waals surface area contributed by atoms with Crippen molar-refractivity contribution in [1.82, 2.24) is 14.7 Å². The Bertz CT molecular complexity index is 1030. The van der Waals surface area contributed by atoms with E-state index >= 15 is 0 Å². The first-order valence-corrected chi connectivity index (χ1v) is 9.36. The molecular formula is C18H14FN3OS2. The van der Waals surface area contributed by atoms with Gasteiger partial charge in [0.05, 0.1) is 12.2 Å². The zero-order chi connectivity index (χ0) is 17.4. The van der Waals surface area contributed by atoms with Gasteiger partial charge in [0.25, 0.3) is 5.91 Å². The number of amides is 1. The summed E-state index contributed by atoms with van der Waals surface area (Å²) in [7, 11) is 0. The van der Waals surface area contributed by atoms with Crippen LogP contribution in [0.5, 0.6) is 0 Å². The molecule has 0 aliphatic heterocycles. The Morgan fingerprint density at radius 1 is 1.28 bits per heavy atom. The molecule has 0 saturated carbocycles. The van der Waals surface area contributed by atoms with Gasteiger partial charge in [-0.3, -0.25) is 9.20 Å². The molecule has 0 unspecified atom stereocenters. The maximum atomic E-state index is 13.1. The molecule has 1 N–H and O–H groups in total. The number of fused-ring (bicyclic) bond motifs is 1. The van der Waals surface area contributed by atoms with Crippen molar-refractivity contribution in [3.63, 3.8) is 0 Å². The second-order valence-corrected chi connectivity index (χ2v) is 7.57. The Labute approximate surface area is 151 Å². The van der Waals surface area contributed by atoms with Crippen molar-refractivity contribution in [3.05, 3.63) is 69.2 Å². The number of nitrogens with zero attached hydrogens (tertiary/aromatic N) is 2. The number of thiophene rings is 1. The molecule has 1 amide bonds. The monoisotopic (exact) mass is 371 g/mol. The van der Waals surface area contributed by atoms with Crippen molar-refractivity contribution in [3.8, 4) is 11.3 Å². The fourth-order valence-electron chi connectivity index (χ4n) is 2.58. The van der Waals surface area contributed by atoms with Crippen LogP contribution in [0.1, 0.15) is 20.2 Å². The molecule has 3 heterocycles. The first-order valence-electron chi connectivity index (χ1n) is 7.67. The summed E-state index contributed by atoms with van der Waals surface area (Å²) in [5.74, 6) is -0.365. The molecule has 3 aromatic heterocycles. The van der Waals surface area contributed by atoms with E-state index in [2.05, 4.69) is 10.3 Å². The molecule has 1 aromatic carbocycles. The molecule has 4 aromatic rings. The maximum Gasteiger partial charge on any atom is 0.263 e. The third-order valence-corrected chi connectivity index (χ3v) is 5.94. The largest absolute Gasteiger partial charge is 0.346 e. The number of thiazole rings is 1. The van der Waals surface area contributed by atoms with Gasteiger partial charge in [-0.15, -0.1) is 11.3 Å². The highest BCUT2D eigenvalue weighted by Crippen LogP contribution is 2.27. The van der Waals surface area contributed by atoms with Crippen molar-refractivity contribution in [2.45, 2.75) is 13.5 Å². The molecule has 0 fully saturated rings. The number of benzene rings is 1. The van der Waals surface area contributed by atoms with Gasteiger partial charge in [0.2, 0.25) is 0 Å². The Morgan fingerprint density at radius 2 is 2.08 bits per heavy atom. The third kappa shape index (κ3) is 3.08. The smallest absolute Gasteiger partial charge is 0.263 e. The van der Waals surface area contributed by atoms with E-state index in [0.29, 0.717) is 11.4 Å². The normalized spacial score (nSPS) is 11.1. The lowest BCUT2D eigenvalue weighted by molar-refractivity contribution is 0.0954. The number of rotatable bonds is 4. The number of hydrogen-bond donors (Lipinski definition) is 1. The Kier molecular flexibility index (Phi) is 4.10. The third-order valence-electron chi connectivity index (χ3n) is 3.91. The fourth-order valence-corrected chi connectivity index (χ4v) is 4.25. The van der Waals surface area contributed by atoms with Gasteiger partial charge in [-0.2, -0.15) is 0 Å². The van der Waals surface area contributed by atoms with Crippen LogP contribution in [0.4, 0.5) is 4.39 Å². The van der Waals surface area contributed by atoms with E-state index < -0.39 is 0 Å². The Balaban J connectivity index is 1.59. The molecule has 0 saturated heterocycles. The van der Waals surface area contributed by atoms with Crippen LogP contribution in [0.3, 0.4) is 0 Å². The lowest BCUT2D eigenvalue weighted by atomic mass is 10.2. The highest BCUT2D eigenvalue weighted by molar-refractivity contribution is 7.19. The van der Waals surface area contributed by atoms with Gasteiger partial charge in [-0.1, -0.05) is 17.4 Å². The van der Waals surface area contributed by atoms with Crippen LogP contribution in [0.25, 0.3) is 16.2 Å². The minimum absolute atomic E-state index is 0.0928. The molecule has 4 nitrogen and oxygen atoms in total. The SMILES string of the molecule is Cc1c(C(=O)NCc2cccs2)sc2nc(-c3ccc(F)cc3)cn12. The van der Waals surface area contributed by atoms with E-state index in [-0.39, 0.29) is 11.7 Å². The minimum atomic E-state index is -0.273. The number of carbonyl (C=O) groups is 1. The summed E-state index contributed by atoms with van der Waals surface area (Å²) in [6.07, 6.45) is 1.88. The average Bonchev–Trinajstić information content (AvgIpc) is 3.32. The molecule has 0 radical (unpaired) electrons. The number of halogens is 1. The molecule has 0 aliphatic carbocycles. The van der Waals surface area contributed by atoms with Gasteiger partial charge in [0.1, 0.15) is 10.7 Å². The number of hydrogen-bond acceptors (Lipinski definition) is 4. The number of aromatic nitrogens is 2. The highest BCUT2D eigenvalue weighted by Gasteiger charge is 2.18. The molecular weight excluding hydrogens is 357 g/mol. The van der Waals surface area contributed by atoms with Gasteiger partial charge >= 0.3 is 0 Å². The minimum Gasteiger partial charge on any atom is -0.346 e. The lowest BCUT2D eigenvalue weighted by Gasteiger charge is -2.02. The molecule has 126 valence electrons. The van der Waals surface area contributed by atoms with Gasteiger partial charge in [0.15, 0.2) is 4.96 Å². The predicted octanol–water partition coefficient (Wildman–Crippen LogP) is 4.50. The van der Waals surface area contributed by atoms with Crippen molar-refractivity contribution in [1.29, 1.82) is 0 Å². The van der Waals surface area contributed by atoms with E-state index in [1.54, 1.807) is 23.5 Å². The van der Waals surface area contributed by atoms with Gasteiger partial charge < -0.3 is 5.32 Å². The van der Waals surface area contributed by atoms with E-state index in [4.69, 9.17) is 0 Å². The number of imidazole rings is 1. The number of carbonyl (C=O) groups excluding carboxylic acids is 1. The van der Waals surface area contributed by atoms with Gasteiger partial charge in [0, 0.05) is 22.3 Å². The van der Waals surface area contributed by atoms with Crippen LogP contribution in [0.15, 0.2) is 48.0 Å². The molecule has 0 bridgehead atoms. The van der Waals surface area contributed by atoms with E-state index in [9.17, 15) is 9.18 Å². The standard InChI is InChI=1S/C18H14FN3OS2/c1-11-16(17(23)20-9-14-3-2-8-24-14)25-18-21-15(10-22(11)18)12-4-6-13(19)7-5-12/h2-8,10H,9H2,1H3,(H,20,23). The summed E-state index contributed by atoms with van der Waals surface area (Å²) in [5, 5.41) is 4.93. The first kappa shape index (κ1) is 16.0. The second-order valence-electron chi connectivity index (χ2n) is 5.56. The molecule has 0 atom stereocenters. The zero-order valence-corrected chi connectivity index (χ0v) is 15.0. The molecule has 4 rings (SSSR count). The summed E-state index contributed by atoms with van der Waals surface area (Å²) < 4.78 is 15.0. The molecule has 25 heavy (non-hydrogen) atoms. The van der Waals surface area contributed by atoms with Crippen LogP contribution in [0, 0.1) is 12.7 Å². The van der Waals surface area contributed by atoms with Crippen molar-refractivity contribution < 1.29 is 9.18 Å². The maximum absolute atomic E-state index is 13.1. The van der Waals surface area contributed by atoms with E-state index in [0.717, 1.165) is 26.8 Å². The van der Waals surface area contributed by atoms with Crippen molar-refractivity contribution in [2.75, 3.05) is 0 Å². The summed E-state index contributed by atoms with van der Waals surface area (Å²) >= 11 is 2.97. The summed E-state index contributed by atoms with van der Waals surface area (Å²) in [6.45, 7) is 2.43. The zero-order valence-electron chi connectivity index (χ0n) is 13.3. The van der Waals surface area contributed by atoms with Crippen LogP contribution in [0.2, 0.25) is 0 Å². The highest BCUT2D eigenvalue weighted by atomic mass is 32.1. The van der Waals surface area contributed by atoms with Crippen LogP contribution in [-0.4, -0.2) is 15.3 Å². The van der Waals surface area contributed by atoms with Crippen LogP contribution < -0.4 is 5.32 Å². The Morgan fingerprint density at radius 3 is 2.76 bits per heavy atom. The van der Waals surface area contributed by atoms with E-state index in [1.807, 2.05) is 35.0 Å². The molecule has 7 heteroatoms. The van der Waals surface area contributed by atoms with Crippen molar-refractivity contribution in [2.24, 2.45) is 0 Å². The topological polar surface area (TPSA) is 46.4 Å². The van der Waals surface area contributed by atoms with Crippen LogP contribution >= 0.6 is 22.7 Å². The quantitative estimate of drug-likeness (QED) is 0.574. The second kappa shape index (κ2) is 6.42. The van der Waals surface area contributed by atoms with E-state index in [1.165, 1.54) is 23.5 Å². The average molecular weight is 371 g/mol. The fraction of sp³-hybridized carbons (Fsp3) is 0.111. The molecule has 0 spiro atoms. The van der Waals surface area contributed by atoms with Gasteiger partial charge in [-0.25, -0.2) is 9.37 Å². The molecule has 0 aliphatic rings. The lowest BCUT2D eigenvalue weighted by Crippen LogP contribution is -2.22. The summed E-state index contributed by atoms with van der Waals surface area (Å²) in [6, 6.07) is 10.2. The van der Waals surface area contributed by atoms with Crippen molar-refractivity contribution >= 4 is 33.5 Å². The predicted molar refractivity (Wildman–Crippen MR) is 98.7 cm³/mol. The number of nitrogens with one attached hydrogen (secondary N) is 1. The summed E-state index contributed by atoms with van der Waals surface area (Å²) in [5.41, 5.74) is 2.46. The van der Waals surface area contributed by atoms with Gasteiger partial charge in [-0.05, 0) is 42.6 Å². The first-order chi connectivity index (χ1) is 12.1. The summed E-state index contributed by atoms with van der Waals surface area (Å²) in [4.78, 5) is 19.5. The number of aryl methyl sites for hydroxylation is 1. The Hall–Kier alpha value is -2.51. The van der Waals surface area contributed by atoms with Crippen LogP contribution in [-0.2, 0) is 6.54 Å².